The minimum atomic E-state index is -4.70. The molecule has 0 fully saturated rings. The summed E-state index contributed by atoms with van der Waals surface area (Å²) in [7, 11) is 0. The van der Waals surface area contributed by atoms with E-state index in [2.05, 4.69) is 15.6 Å². The van der Waals surface area contributed by atoms with Crippen LogP contribution in [0.4, 0.5) is 32.0 Å². The van der Waals surface area contributed by atoms with Crippen LogP contribution in [0.1, 0.15) is 39.2 Å². The molecule has 230 valence electrons. The molecule has 0 bridgehead atoms. The number of nitrogens with one attached hydrogen (secondary N) is 2. The molecule has 0 atom stereocenters. The number of anilines is 1. The number of alkyl halides is 6. The van der Waals surface area contributed by atoms with Gasteiger partial charge in [-0.1, -0.05) is 35.9 Å². The van der Waals surface area contributed by atoms with Gasteiger partial charge in [-0.05, 0) is 77.2 Å². The van der Waals surface area contributed by atoms with Crippen LogP contribution in [0, 0.1) is 6.92 Å². The van der Waals surface area contributed by atoms with Crippen molar-refractivity contribution >= 4 is 29.2 Å². The summed E-state index contributed by atoms with van der Waals surface area (Å²) in [6.45, 7) is 1.37. The van der Waals surface area contributed by atoms with Crippen LogP contribution >= 0.6 is 11.6 Å². The standard InChI is InChI=1S/C31H24ClF6N3O3/c1-17-12-21(32)5-7-23(17)24-8-6-22(14-26(24)31(36,37)38)40-15-18-2-4-20(30(33,34)35)13-25(18)19-3-9-27(41-16-19)29(44)39-11-10-28(42)43/h2-9,12-14,16,40H,10-11,15H2,1H3,(H,39,44)(H,42,43). The molecule has 0 unspecified atom stereocenters. The lowest BCUT2D eigenvalue weighted by atomic mass is 9.95. The summed E-state index contributed by atoms with van der Waals surface area (Å²) < 4.78 is 83.0. The number of carboxylic acid groups (broad SMARTS) is 1. The van der Waals surface area contributed by atoms with Crippen molar-refractivity contribution in [2.45, 2.75) is 32.2 Å². The minimum absolute atomic E-state index is 0.0504. The third-order valence-corrected chi connectivity index (χ3v) is 6.89. The fourth-order valence-corrected chi connectivity index (χ4v) is 4.71. The number of amides is 1. The largest absolute Gasteiger partial charge is 0.481 e. The Morgan fingerprint density at radius 1 is 0.864 bits per heavy atom. The van der Waals surface area contributed by atoms with Gasteiger partial charge in [-0.2, -0.15) is 26.3 Å². The summed E-state index contributed by atoms with van der Waals surface area (Å²) in [5.41, 5.74) is -0.348. The van der Waals surface area contributed by atoms with E-state index in [1.807, 2.05) is 0 Å². The molecular weight excluding hydrogens is 612 g/mol. The smallest absolute Gasteiger partial charge is 0.417 e. The quantitative estimate of drug-likeness (QED) is 0.161. The summed E-state index contributed by atoms with van der Waals surface area (Å²) in [6, 6.07) is 13.9. The van der Waals surface area contributed by atoms with E-state index in [9.17, 15) is 35.9 Å². The van der Waals surface area contributed by atoms with Gasteiger partial charge in [-0.3, -0.25) is 14.6 Å². The van der Waals surface area contributed by atoms with Crippen LogP contribution in [0.2, 0.25) is 5.02 Å². The lowest BCUT2D eigenvalue weighted by molar-refractivity contribution is -0.138. The SMILES string of the molecule is Cc1cc(Cl)ccc1-c1ccc(NCc2ccc(C(F)(F)F)cc2-c2ccc(C(=O)NCCC(=O)O)nc2)cc1C(F)(F)F. The van der Waals surface area contributed by atoms with Crippen LogP contribution in [0.3, 0.4) is 0 Å². The highest BCUT2D eigenvalue weighted by molar-refractivity contribution is 6.30. The van der Waals surface area contributed by atoms with Gasteiger partial charge in [0.05, 0.1) is 17.5 Å². The number of carbonyl (C=O) groups is 2. The number of hydrogen-bond donors (Lipinski definition) is 3. The molecule has 0 saturated carbocycles. The monoisotopic (exact) mass is 635 g/mol. The molecule has 0 spiro atoms. The van der Waals surface area contributed by atoms with Crippen molar-refractivity contribution in [3.8, 4) is 22.3 Å². The number of aromatic nitrogens is 1. The highest BCUT2D eigenvalue weighted by Gasteiger charge is 2.34. The van der Waals surface area contributed by atoms with Gasteiger partial charge < -0.3 is 15.7 Å². The van der Waals surface area contributed by atoms with Crippen molar-refractivity contribution in [3.63, 3.8) is 0 Å². The maximum absolute atomic E-state index is 14.1. The fraction of sp³-hybridized carbons (Fsp3) is 0.194. The molecule has 13 heteroatoms. The first kappa shape index (κ1) is 32.3. The predicted molar refractivity (Wildman–Crippen MR) is 153 cm³/mol. The molecule has 0 radical (unpaired) electrons. The number of pyridine rings is 1. The predicted octanol–water partition coefficient (Wildman–Crippen LogP) is 8.23. The van der Waals surface area contributed by atoms with Crippen molar-refractivity contribution in [1.29, 1.82) is 0 Å². The molecule has 1 amide bonds. The Bertz CT molecular complexity index is 1690. The van der Waals surface area contributed by atoms with Gasteiger partial charge in [-0.15, -0.1) is 0 Å². The lowest BCUT2D eigenvalue weighted by Crippen LogP contribution is -2.26. The first-order chi connectivity index (χ1) is 20.6. The minimum Gasteiger partial charge on any atom is -0.481 e. The van der Waals surface area contributed by atoms with Gasteiger partial charge in [0, 0.05) is 35.6 Å². The molecule has 4 rings (SSSR count). The highest BCUT2D eigenvalue weighted by atomic mass is 35.5. The van der Waals surface area contributed by atoms with Crippen LogP contribution in [0.25, 0.3) is 22.3 Å². The second-order valence-electron chi connectivity index (χ2n) is 9.77. The molecule has 0 aliphatic carbocycles. The molecule has 1 aromatic heterocycles. The molecule has 0 aliphatic rings. The zero-order valence-corrected chi connectivity index (χ0v) is 23.7. The first-order valence-corrected chi connectivity index (χ1v) is 13.4. The normalized spacial score (nSPS) is 11.7. The number of nitrogens with zero attached hydrogens (tertiary/aromatic N) is 1. The molecule has 44 heavy (non-hydrogen) atoms. The van der Waals surface area contributed by atoms with Crippen LogP contribution < -0.4 is 10.6 Å². The van der Waals surface area contributed by atoms with Gasteiger partial charge in [0.1, 0.15) is 5.69 Å². The molecule has 1 heterocycles. The number of carbonyl (C=O) groups excluding carboxylic acids is 1. The summed E-state index contributed by atoms with van der Waals surface area (Å²) in [4.78, 5) is 26.9. The summed E-state index contributed by atoms with van der Waals surface area (Å²) >= 11 is 5.97. The average molecular weight is 636 g/mol. The van der Waals surface area contributed by atoms with Gasteiger partial charge in [0.15, 0.2) is 0 Å². The Balaban J connectivity index is 1.64. The van der Waals surface area contributed by atoms with E-state index in [0.29, 0.717) is 21.7 Å². The second-order valence-corrected chi connectivity index (χ2v) is 10.2. The van der Waals surface area contributed by atoms with Crippen molar-refractivity contribution in [2.24, 2.45) is 0 Å². The van der Waals surface area contributed by atoms with E-state index in [0.717, 1.165) is 18.2 Å². The first-order valence-electron chi connectivity index (χ1n) is 13.0. The molecule has 0 saturated heterocycles. The Morgan fingerprint density at radius 3 is 2.20 bits per heavy atom. The lowest BCUT2D eigenvalue weighted by Gasteiger charge is -2.18. The zero-order valence-electron chi connectivity index (χ0n) is 22.9. The van der Waals surface area contributed by atoms with E-state index in [4.69, 9.17) is 16.7 Å². The van der Waals surface area contributed by atoms with E-state index < -0.39 is 35.4 Å². The average Bonchev–Trinajstić information content (AvgIpc) is 2.95. The third kappa shape index (κ3) is 7.87. The number of benzene rings is 3. The van der Waals surface area contributed by atoms with Gasteiger partial charge in [0.25, 0.3) is 5.91 Å². The highest BCUT2D eigenvalue weighted by Crippen LogP contribution is 2.40. The Kier molecular flexibility index (Phi) is 9.53. The van der Waals surface area contributed by atoms with Crippen LogP contribution in [0.5, 0.6) is 0 Å². The Labute approximate surface area is 252 Å². The maximum Gasteiger partial charge on any atom is 0.417 e. The molecular formula is C31H24ClF6N3O3. The van der Waals surface area contributed by atoms with Gasteiger partial charge in [0.2, 0.25) is 0 Å². The zero-order chi connectivity index (χ0) is 32.2. The Morgan fingerprint density at radius 2 is 1.59 bits per heavy atom. The second kappa shape index (κ2) is 13.0. The molecule has 6 nitrogen and oxygen atoms in total. The third-order valence-electron chi connectivity index (χ3n) is 6.66. The summed E-state index contributed by atoms with van der Waals surface area (Å²) in [5, 5.41) is 14.3. The van der Waals surface area contributed by atoms with Crippen molar-refractivity contribution < 1.29 is 41.0 Å². The molecule has 3 aromatic carbocycles. The topological polar surface area (TPSA) is 91.3 Å². The van der Waals surface area contributed by atoms with Crippen LogP contribution in [-0.4, -0.2) is 28.5 Å². The van der Waals surface area contributed by atoms with Crippen LogP contribution in [0.15, 0.2) is 72.9 Å². The molecule has 3 N–H and O–H groups in total. The number of carboxylic acids is 1. The summed E-state index contributed by atoms with van der Waals surface area (Å²) in [6.07, 6.45) is -8.49. The van der Waals surface area contributed by atoms with Crippen LogP contribution in [-0.2, 0) is 23.7 Å². The van der Waals surface area contributed by atoms with Crippen molar-refractivity contribution in [1.82, 2.24) is 10.3 Å². The van der Waals surface area contributed by atoms with E-state index >= 15 is 0 Å². The van der Waals surface area contributed by atoms with Gasteiger partial charge in [-0.25, -0.2) is 0 Å². The van der Waals surface area contributed by atoms with Gasteiger partial charge >= 0.3 is 18.3 Å². The Hall–Kier alpha value is -4.58. The van der Waals surface area contributed by atoms with E-state index in [1.54, 1.807) is 13.0 Å². The molecule has 0 aliphatic heterocycles. The fourth-order valence-electron chi connectivity index (χ4n) is 4.49. The molecule has 4 aromatic rings. The summed E-state index contributed by atoms with van der Waals surface area (Å²) in [5.74, 6) is -1.78. The van der Waals surface area contributed by atoms with E-state index in [1.165, 1.54) is 48.7 Å². The van der Waals surface area contributed by atoms with Crippen molar-refractivity contribution in [2.75, 3.05) is 11.9 Å². The number of aryl methyl sites for hydroxylation is 1. The number of aliphatic carboxylic acids is 1. The maximum atomic E-state index is 14.1. The van der Waals surface area contributed by atoms with E-state index in [-0.39, 0.29) is 47.6 Å². The number of halogens is 7. The number of hydrogen-bond acceptors (Lipinski definition) is 4. The number of rotatable bonds is 9. The van der Waals surface area contributed by atoms with Crippen molar-refractivity contribution in [3.05, 3.63) is 106 Å².